The zero-order valence-electron chi connectivity index (χ0n) is 9.30. The van der Waals surface area contributed by atoms with E-state index < -0.39 is 5.97 Å². The number of aromatic carboxylic acids is 1. The van der Waals surface area contributed by atoms with Gasteiger partial charge in [0, 0.05) is 11.2 Å². The van der Waals surface area contributed by atoms with Crippen LogP contribution in [0.1, 0.15) is 16.1 Å². The van der Waals surface area contributed by atoms with Gasteiger partial charge < -0.3 is 10.4 Å². The van der Waals surface area contributed by atoms with E-state index in [1.165, 1.54) is 12.4 Å². The zero-order valence-corrected chi connectivity index (χ0v) is 10.1. The third-order valence-corrected chi connectivity index (χ3v) is 2.55. The molecule has 6 heteroatoms. The highest BCUT2D eigenvalue weighted by Gasteiger charge is 2.10. The maximum Gasteiger partial charge on any atom is 0.337 e. The van der Waals surface area contributed by atoms with Gasteiger partial charge in [0.25, 0.3) is 0 Å². The van der Waals surface area contributed by atoms with Gasteiger partial charge in [-0.2, -0.15) is 0 Å². The number of carboxylic acids is 1. The predicted molar refractivity (Wildman–Crippen MR) is 67.8 cm³/mol. The molecule has 2 N–H and O–H groups in total. The lowest BCUT2D eigenvalue weighted by atomic mass is 10.2. The summed E-state index contributed by atoms with van der Waals surface area (Å²) in [5, 5.41) is 12.5. The lowest BCUT2D eigenvalue weighted by molar-refractivity contribution is 0.0698. The van der Waals surface area contributed by atoms with Gasteiger partial charge in [0.15, 0.2) is 0 Å². The number of nitrogens with zero attached hydrogens (tertiary/aromatic N) is 2. The molecule has 0 atom stereocenters. The number of carboxylic acid groups (broad SMARTS) is 1. The Bertz CT molecular complexity index is 561. The van der Waals surface area contributed by atoms with E-state index in [1.54, 1.807) is 24.4 Å². The Morgan fingerprint density at radius 2 is 2.22 bits per heavy atom. The first-order valence-corrected chi connectivity index (χ1v) is 5.56. The highest BCUT2D eigenvalue weighted by atomic mass is 35.5. The Morgan fingerprint density at radius 1 is 1.39 bits per heavy atom. The van der Waals surface area contributed by atoms with Crippen LogP contribution in [0.4, 0.5) is 5.69 Å². The average molecular weight is 264 g/mol. The number of anilines is 1. The quantitative estimate of drug-likeness (QED) is 0.886. The molecule has 0 amide bonds. The van der Waals surface area contributed by atoms with Gasteiger partial charge in [0.05, 0.1) is 23.5 Å². The van der Waals surface area contributed by atoms with Crippen molar-refractivity contribution in [2.24, 2.45) is 0 Å². The monoisotopic (exact) mass is 263 g/mol. The van der Waals surface area contributed by atoms with E-state index in [-0.39, 0.29) is 5.56 Å². The Labute approximate surface area is 108 Å². The van der Waals surface area contributed by atoms with Crippen molar-refractivity contribution >= 4 is 23.3 Å². The number of hydrogen-bond acceptors (Lipinski definition) is 4. The number of nitrogens with one attached hydrogen (secondary N) is 1. The smallest absolute Gasteiger partial charge is 0.337 e. The topological polar surface area (TPSA) is 75.1 Å². The second-order valence-corrected chi connectivity index (χ2v) is 3.99. The SMILES string of the molecule is O=C(O)c1ccc(Cl)cc1NCc1ccncn1. The molecule has 2 aromatic rings. The highest BCUT2D eigenvalue weighted by molar-refractivity contribution is 6.31. The standard InChI is InChI=1S/C12H10ClN3O2/c13-8-1-2-10(12(17)18)11(5-8)15-6-9-3-4-14-7-16-9/h1-5,7,15H,6H2,(H,17,18). The largest absolute Gasteiger partial charge is 0.478 e. The van der Waals surface area contributed by atoms with Crippen molar-refractivity contribution in [3.8, 4) is 0 Å². The second kappa shape index (κ2) is 5.46. The maximum absolute atomic E-state index is 11.0. The van der Waals surface area contributed by atoms with E-state index in [2.05, 4.69) is 15.3 Å². The van der Waals surface area contributed by atoms with E-state index in [4.69, 9.17) is 16.7 Å². The first kappa shape index (κ1) is 12.3. The fourth-order valence-electron chi connectivity index (χ4n) is 1.46. The van der Waals surface area contributed by atoms with Crippen molar-refractivity contribution in [3.63, 3.8) is 0 Å². The van der Waals surface area contributed by atoms with Crippen LogP contribution in [-0.2, 0) is 6.54 Å². The van der Waals surface area contributed by atoms with Crippen LogP contribution in [0.25, 0.3) is 0 Å². The zero-order chi connectivity index (χ0) is 13.0. The number of halogens is 1. The molecule has 1 aromatic carbocycles. The summed E-state index contributed by atoms with van der Waals surface area (Å²) < 4.78 is 0. The minimum absolute atomic E-state index is 0.174. The molecule has 5 nitrogen and oxygen atoms in total. The van der Waals surface area contributed by atoms with E-state index >= 15 is 0 Å². The van der Waals surface area contributed by atoms with Gasteiger partial charge in [-0.25, -0.2) is 14.8 Å². The van der Waals surface area contributed by atoms with E-state index in [9.17, 15) is 4.79 Å². The van der Waals surface area contributed by atoms with Crippen molar-refractivity contribution in [3.05, 3.63) is 53.1 Å². The van der Waals surface area contributed by atoms with Gasteiger partial charge in [-0.1, -0.05) is 11.6 Å². The van der Waals surface area contributed by atoms with Crippen molar-refractivity contribution < 1.29 is 9.90 Å². The molecular weight excluding hydrogens is 254 g/mol. The third-order valence-electron chi connectivity index (χ3n) is 2.32. The van der Waals surface area contributed by atoms with Crippen molar-refractivity contribution in [2.75, 3.05) is 5.32 Å². The summed E-state index contributed by atoms with van der Waals surface area (Å²) in [7, 11) is 0. The second-order valence-electron chi connectivity index (χ2n) is 3.55. The molecule has 0 fully saturated rings. The third kappa shape index (κ3) is 2.95. The molecule has 0 bridgehead atoms. The van der Waals surface area contributed by atoms with Crippen molar-refractivity contribution in [1.82, 2.24) is 9.97 Å². The normalized spacial score (nSPS) is 10.1. The lowest BCUT2D eigenvalue weighted by Crippen LogP contribution is -2.07. The number of hydrogen-bond donors (Lipinski definition) is 2. The van der Waals surface area contributed by atoms with Gasteiger partial charge in [-0.15, -0.1) is 0 Å². The summed E-state index contributed by atoms with van der Waals surface area (Å²) in [6, 6.07) is 6.33. The number of benzene rings is 1. The molecule has 0 spiro atoms. The molecule has 1 heterocycles. The number of aromatic nitrogens is 2. The Balaban J connectivity index is 2.18. The van der Waals surface area contributed by atoms with Gasteiger partial charge in [0.1, 0.15) is 6.33 Å². The Hall–Kier alpha value is -2.14. The molecular formula is C12H10ClN3O2. The lowest BCUT2D eigenvalue weighted by Gasteiger charge is -2.09. The maximum atomic E-state index is 11.0. The van der Waals surface area contributed by atoms with E-state index in [0.717, 1.165) is 5.69 Å². The van der Waals surface area contributed by atoms with Crippen LogP contribution in [0.15, 0.2) is 36.8 Å². The first-order valence-electron chi connectivity index (χ1n) is 5.18. The number of rotatable bonds is 4. The molecule has 0 saturated carbocycles. The average Bonchev–Trinajstić information content (AvgIpc) is 2.37. The van der Waals surface area contributed by atoms with Crippen LogP contribution in [-0.4, -0.2) is 21.0 Å². The van der Waals surface area contributed by atoms with E-state index in [0.29, 0.717) is 17.3 Å². The molecule has 0 radical (unpaired) electrons. The summed E-state index contributed by atoms with van der Waals surface area (Å²) >= 11 is 5.84. The van der Waals surface area contributed by atoms with Gasteiger partial charge >= 0.3 is 5.97 Å². The molecule has 2 rings (SSSR count). The fraction of sp³-hybridized carbons (Fsp3) is 0.0833. The molecule has 0 aliphatic heterocycles. The fourth-order valence-corrected chi connectivity index (χ4v) is 1.63. The van der Waals surface area contributed by atoms with Crippen molar-refractivity contribution in [2.45, 2.75) is 6.54 Å². The Kier molecular flexibility index (Phi) is 3.74. The van der Waals surface area contributed by atoms with Crippen LogP contribution in [0, 0.1) is 0 Å². The van der Waals surface area contributed by atoms with Crippen LogP contribution < -0.4 is 5.32 Å². The van der Waals surface area contributed by atoms with Gasteiger partial charge in [-0.05, 0) is 24.3 Å². The molecule has 0 aliphatic rings. The molecule has 0 saturated heterocycles. The molecule has 92 valence electrons. The molecule has 18 heavy (non-hydrogen) atoms. The minimum atomic E-state index is -1.00. The number of carbonyl (C=O) groups is 1. The van der Waals surface area contributed by atoms with Crippen molar-refractivity contribution in [1.29, 1.82) is 0 Å². The summed E-state index contributed by atoms with van der Waals surface area (Å²) in [6.45, 7) is 0.406. The highest BCUT2D eigenvalue weighted by Crippen LogP contribution is 2.21. The first-order chi connectivity index (χ1) is 8.66. The summed E-state index contributed by atoms with van der Waals surface area (Å²) in [5.74, 6) is -1.00. The minimum Gasteiger partial charge on any atom is -0.478 e. The van der Waals surface area contributed by atoms with Crippen LogP contribution in [0.2, 0.25) is 5.02 Å². The van der Waals surface area contributed by atoms with Crippen LogP contribution in [0.5, 0.6) is 0 Å². The summed E-state index contributed by atoms with van der Waals surface area (Å²) in [6.07, 6.45) is 3.06. The predicted octanol–water partition coefficient (Wildman–Crippen LogP) is 2.44. The Morgan fingerprint density at radius 3 is 2.89 bits per heavy atom. The van der Waals surface area contributed by atoms with E-state index in [1.807, 2.05) is 0 Å². The molecule has 1 aromatic heterocycles. The van der Waals surface area contributed by atoms with Gasteiger partial charge in [-0.3, -0.25) is 0 Å². The summed E-state index contributed by atoms with van der Waals surface area (Å²) in [4.78, 5) is 18.9. The van der Waals surface area contributed by atoms with Crippen LogP contribution in [0.3, 0.4) is 0 Å². The van der Waals surface area contributed by atoms with Crippen LogP contribution >= 0.6 is 11.6 Å². The van der Waals surface area contributed by atoms with Gasteiger partial charge in [0.2, 0.25) is 0 Å². The molecule has 0 aliphatic carbocycles. The summed E-state index contributed by atoms with van der Waals surface area (Å²) in [5.41, 5.74) is 1.41. The molecule has 0 unspecified atom stereocenters.